The molecule has 0 radical (unpaired) electrons. The topological polar surface area (TPSA) is 64.8 Å². The fourth-order valence-electron chi connectivity index (χ4n) is 2.58. The van der Waals surface area contributed by atoms with Crippen LogP contribution in [0.3, 0.4) is 0 Å². The van der Waals surface area contributed by atoms with Crippen molar-refractivity contribution in [3.05, 3.63) is 23.3 Å². The number of nitrogens with zero attached hydrogens (tertiary/aromatic N) is 3. The fraction of sp³-hybridized carbons (Fsp3) is 0.600. The summed E-state index contributed by atoms with van der Waals surface area (Å²) >= 11 is 0. The van der Waals surface area contributed by atoms with Gasteiger partial charge in [0, 0.05) is 30.7 Å². The molecule has 0 bridgehead atoms. The van der Waals surface area contributed by atoms with E-state index in [1.54, 1.807) is 0 Å². The molecule has 0 saturated heterocycles. The molecule has 0 fully saturated rings. The molecule has 0 N–H and O–H groups in total. The molecule has 0 amide bonds. The number of aryl methyl sites for hydroxylation is 4. The first-order chi connectivity index (χ1) is 9.83. The Hall–Kier alpha value is -1.43. The summed E-state index contributed by atoms with van der Waals surface area (Å²) in [6, 6.07) is 0. The highest BCUT2D eigenvalue weighted by molar-refractivity contribution is 7.90. The van der Waals surface area contributed by atoms with E-state index >= 15 is 0 Å². The highest BCUT2D eigenvalue weighted by Gasteiger charge is 2.13. The number of fused-ring (bicyclic) bond motifs is 1. The second-order valence-electron chi connectivity index (χ2n) is 5.57. The number of hydrogen-bond acceptors (Lipinski definition) is 4. The van der Waals surface area contributed by atoms with Crippen LogP contribution in [0.25, 0.3) is 11.0 Å². The van der Waals surface area contributed by atoms with Gasteiger partial charge in [0.15, 0.2) is 0 Å². The van der Waals surface area contributed by atoms with Crippen molar-refractivity contribution in [2.75, 3.05) is 12.0 Å². The van der Waals surface area contributed by atoms with Gasteiger partial charge in [0.25, 0.3) is 0 Å². The van der Waals surface area contributed by atoms with Crippen LogP contribution in [0.4, 0.5) is 0 Å². The van der Waals surface area contributed by atoms with Gasteiger partial charge < -0.3 is 4.57 Å². The standard InChI is InChI=1S/C15H23N3O2S/c1-5-14-17-13-10-16-12(3)11(2)15(13)18(14)8-6-7-9-21(4,19)20/h10H,5-9H2,1-4H3. The van der Waals surface area contributed by atoms with E-state index in [-0.39, 0.29) is 5.75 Å². The third-order valence-corrected chi connectivity index (χ3v) is 4.85. The van der Waals surface area contributed by atoms with Crippen molar-refractivity contribution in [1.29, 1.82) is 0 Å². The van der Waals surface area contributed by atoms with Crippen molar-refractivity contribution in [1.82, 2.24) is 14.5 Å². The maximum Gasteiger partial charge on any atom is 0.147 e. The average molecular weight is 309 g/mol. The van der Waals surface area contributed by atoms with E-state index in [0.29, 0.717) is 6.42 Å². The molecular formula is C15H23N3O2S. The molecule has 5 nitrogen and oxygen atoms in total. The Kier molecular flexibility index (Phi) is 4.66. The van der Waals surface area contributed by atoms with Gasteiger partial charge in [-0.05, 0) is 32.3 Å². The van der Waals surface area contributed by atoms with E-state index in [4.69, 9.17) is 0 Å². The minimum Gasteiger partial charge on any atom is -0.328 e. The van der Waals surface area contributed by atoms with Crippen molar-refractivity contribution >= 4 is 20.9 Å². The van der Waals surface area contributed by atoms with Crippen LogP contribution in [-0.2, 0) is 22.8 Å². The number of unbranched alkanes of at least 4 members (excludes halogenated alkanes) is 1. The first kappa shape index (κ1) is 15.9. The van der Waals surface area contributed by atoms with Gasteiger partial charge in [-0.2, -0.15) is 0 Å². The summed E-state index contributed by atoms with van der Waals surface area (Å²) in [5, 5.41) is 0. The molecule has 0 aliphatic carbocycles. The Morgan fingerprint density at radius 2 is 1.95 bits per heavy atom. The van der Waals surface area contributed by atoms with Crippen LogP contribution in [0.15, 0.2) is 6.20 Å². The van der Waals surface area contributed by atoms with E-state index in [9.17, 15) is 8.42 Å². The highest BCUT2D eigenvalue weighted by Crippen LogP contribution is 2.22. The Morgan fingerprint density at radius 1 is 1.24 bits per heavy atom. The van der Waals surface area contributed by atoms with E-state index in [1.807, 2.05) is 13.1 Å². The van der Waals surface area contributed by atoms with E-state index in [0.717, 1.165) is 47.5 Å². The normalized spacial score (nSPS) is 12.2. The SMILES string of the molecule is CCc1nc2cnc(C)c(C)c2n1CCCCS(C)(=O)=O. The van der Waals surface area contributed by atoms with E-state index in [1.165, 1.54) is 6.26 Å². The lowest BCUT2D eigenvalue weighted by Crippen LogP contribution is -2.08. The minimum atomic E-state index is -2.87. The summed E-state index contributed by atoms with van der Waals surface area (Å²) in [5.41, 5.74) is 4.24. The summed E-state index contributed by atoms with van der Waals surface area (Å²) in [4.78, 5) is 9.01. The van der Waals surface area contributed by atoms with Gasteiger partial charge in [0.1, 0.15) is 21.2 Å². The Morgan fingerprint density at radius 3 is 2.57 bits per heavy atom. The zero-order valence-electron chi connectivity index (χ0n) is 13.2. The van der Waals surface area contributed by atoms with Gasteiger partial charge in [-0.1, -0.05) is 6.92 Å². The Labute approximate surface area is 126 Å². The van der Waals surface area contributed by atoms with Crippen LogP contribution < -0.4 is 0 Å². The van der Waals surface area contributed by atoms with Crippen LogP contribution in [-0.4, -0.2) is 35.0 Å². The number of sulfone groups is 1. The molecule has 0 saturated carbocycles. The van der Waals surface area contributed by atoms with Crippen molar-refractivity contribution in [2.24, 2.45) is 0 Å². The van der Waals surface area contributed by atoms with Crippen molar-refractivity contribution in [3.8, 4) is 0 Å². The summed E-state index contributed by atoms with van der Waals surface area (Å²) in [5.74, 6) is 1.29. The molecule has 2 heterocycles. The zero-order valence-corrected chi connectivity index (χ0v) is 14.0. The lowest BCUT2D eigenvalue weighted by atomic mass is 10.2. The highest BCUT2D eigenvalue weighted by atomic mass is 32.2. The maximum absolute atomic E-state index is 11.2. The predicted octanol–water partition coefficient (Wildman–Crippen LogP) is 2.44. The second-order valence-corrected chi connectivity index (χ2v) is 7.83. The van der Waals surface area contributed by atoms with Gasteiger partial charge in [-0.25, -0.2) is 13.4 Å². The fourth-order valence-corrected chi connectivity index (χ4v) is 3.30. The van der Waals surface area contributed by atoms with Crippen molar-refractivity contribution in [2.45, 2.75) is 46.6 Å². The largest absolute Gasteiger partial charge is 0.328 e. The quantitative estimate of drug-likeness (QED) is 0.769. The van der Waals surface area contributed by atoms with Crippen LogP contribution >= 0.6 is 0 Å². The maximum atomic E-state index is 11.2. The molecule has 2 aromatic rings. The van der Waals surface area contributed by atoms with Crippen molar-refractivity contribution < 1.29 is 8.42 Å². The number of rotatable bonds is 6. The first-order valence-electron chi connectivity index (χ1n) is 7.32. The summed E-state index contributed by atoms with van der Waals surface area (Å²) < 4.78 is 24.6. The van der Waals surface area contributed by atoms with Gasteiger partial charge in [0.2, 0.25) is 0 Å². The molecular weight excluding hydrogens is 286 g/mol. The van der Waals surface area contributed by atoms with Gasteiger partial charge in [-0.3, -0.25) is 4.98 Å². The molecule has 6 heteroatoms. The number of hydrogen-bond donors (Lipinski definition) is 0. The molecule has 21 heavy (non-hydrogen) atoms. The van der Waals surface area contributed by atoms with Crippen LogP contribution in [0.2, 0.25) is 0 Å². The Bertz CT molecular complexity index is 748. The summed E-state index contributed by atoms with van der Waals surface area (Å²) in [7, 11) is -2.87. The smallest absolute Gasteiger partial charge is 0.147 e. The summed E-state index contributed by atoms with van der Waals surface area (Å²) in [6.45, 7) is 6.96. The van der Waals surface area contributed by atoms with Gasteiger partial charge >= 0.3 is 0 Å². The second kappa shape index (κ2) is 6.13. The monoisotopic (exact) mass is 309 g/mol. The average Bonchev–Trinajstić information content (AvgIpc) is 2.76. The number of aromatic nitrogens is 3. The lowest BCUT2D eigenvalue weighted by molar-refractivity contribution is 0.585. The molecule has 0 aliphatic heterocycles. The first-order valence-corrected chi connectivity index (χ1v) is 9.38. The molecule has 0 unspecified atom stereocenters. The minimum absolute atomic E-state index is 0.251. The molecule has 0 aromatic carbocycles. The van der Waals surface area contributed by atoms with Gasteiger partial charge in [-0.15, -0.1) is 0 Å². The van der Waals surface area contributed by atoms with Gasteiger partial charge in [0.05, 0.1) is 11.7 Å². The third kappa shape index (κ3) is 3.61. The van der Waals surface area contributed by atoms with Crippen LogP contribution in [0.5, 0.6) is 0 Å². The number of pyridine rings is 1. The Balaban J connectivity index is 2.27. The summed E-state index contributed by atoms with van der Waals surface area (Å²) in [6.07, 6.45) is 5.50. The molecule has 116 valence electrons. The number of imidazole rings is 1. The van der Waals surface area contributed by atoms with E-state index < -0.39 is 9.84 Å². The molecule has 2 aromatic heterocycles. The molecule has 0 atom stereocenters. The molecule has 0 aliphatic rings. The molecule has 0 spiro atoms. The predicted molar refractivity (Wildman–Crippen MR) is 85.3 cm³/mol. The van der Waals surface area contributed by atoms with E-state index in [2.05, 4.69) is 28.4 Å². The van der Waals surface area contributed by atoms with Crippen molar-refractivity contribution in [3.63, 3.8) is 0 Å². The molecule has 2 rings (SSSR count). The lowest BCUT2D eigenvalue weighted by Gasteiger charge is -2.10. The van der Waals surface area contributed by atoms with Crippen LogP contribution in [0.1, 0.15) is 36.8 Å². The van der Waals surface area contributed by atoms with Crippen LogP contribution in [0, 0.1) is 13.8 Å². The zero-order chi connectivity index (χ0) is 15.6. The third-order valence-electron chi connectivity index (χ3n) is 3.82.